The van der Waals surface area contributed by atoms with Gasteiger partial charge in [0.15, 0.2) is 0 Å². The lowest BCUT2D eigenvalue weighted by molar-refractivity contribution is 0.0411. The maximum atomic E-state index is 5.46. The summed E-state index contributed by atoms with van der Waals surface area (Å²) in [4.78, 5) is 0. The molecular weight excluding hydrogens is 100 g/mol. The maximum absolute atomic E-state index is 5.46. The molecule has 0 spiro atoms. The molecular formula is C7H12O. The molecule has 0 N–H and O–H groups in total. The van der Waals surface area contributed by atoms with Gasteiger partial charge in [-0.3, -0.25) is 0 Å². The van der Waals surface area contributed by atoms with Gasteiger partial charge >= 0.3 is 0 Å². The Hall–Kier alpha value is -0.0400. The minimum Gasteiger partial charge on any atom is -0.378 e. The van der Waals surface area contributed by atoms with E-state index in [4.69, 9.17) is 4.74 Å². The van der Waals surface area contributed by atoms with Crippen LogP contribution in [0.15, 0.2) is 0 Å². The lowest BCUT2D eigenvalue weighted by Gasteiger charge is -2.16. The highest BCUT2D eigenvalue weighted by molar-refractivity contribution is 4.86. The molecule has 2 bridgehead atoms. The lowest BCUT2D eigenvalue weighted by atomic mass is 10.1. The van der Waals surface area contributed by atoms with Gasteiger partial charge in [-0.1, -0.05) is 6.92 Å². The number of hydrogen-bond donors (Lipinski definition) is 0. The Labute approximate surface area is 50.0 Å². The van der Waals surface area contributed by atoms with Gasteiger partial charge in [0.1, 0.15) is 0 Å². The van der Waals surface area contributed by atoms with E-state index in [1.165, 1.54) is 12.8 Å². The Morgan fingerprint density at radius 2 is 2.25 bits per heavy atom. The first-order valence-electron chi connectivity index (χ1n) is 3.48. The van der Waals surface area contributed by atoms with E-state index in [1.54, 1.807) is 0 Å². The minimum atomic E-state index is 0.639. The van der Waals surface area contributed by atoms with Crippen LogP contribution in [0.5, 0.6) is 0 Å². The third kappa shape index (κ3) is 0.510. The van der Waals surface area contributed by atoms with E-state index < -0.39 is 0 Å². The van der Waals surface area contributed by atoms with Crippen LogP contribution in [0.25, 0.3) is 0 Å². The van der Waals surface area contributed by atoms with Crippen molar-refractivity contribution in [3.05, 3.63) is 0 Å². The van der Waals surface area contributed by atoms with Crippen LogP contribution in [-0.4, -0.2) is 12.7 Å². The summed E-state index contributed by atoms with van der Waals surface area (Å²) in [5, 5.41) is 0. The molecule has 0 aromatic carbocycles. The van der Waals surface area contributed by atoms with Crippen LogP contribution in [0.4, 0.5) is 0 Å². The Morgan fingerprint density at radius 3 is 2.50 bits per heavy atom. The molecule has 0 amide bonds. The fourth-order valence-corrected chi connectivity index (χ4v) is 1.96. The molecule has 0 radical (unpaired) electrons. The summed E-state index contributed by atoms with van der Waals surface area (Å²) in [6.45, 7) is 3.35. The van der Waals surface area contributed by atoms with Crippen molar-refractivity contribution in [3.8, 4) is 0 Å². The number of rotatable bonds is 0. The van der Waals surface area contributed by atoms with Crippen LogP contribution in [0.3, 0.4) is 0 Å². The zero-order valence-corrected chi connectivity index (χ0v) is 5.26. The third-order valence-corrected chi connectivity index (χ3v) is 2.45. The molecule has 2 aliphatic rings. The van der Waals surface area contributed by atoms with Gasteiger partial charge in [0.2, 0.25) is 0 Å². The summed E-state index contributed by atoms with van der Waals surface area (Å²) in [5.74, 6) is 1.78. The summed E-state index contributed by atoms with van der Waals surface area (Å²) < 4.78 is 5.46. The van der Waals surface area contributed by atoms with Crippen LogP contribution < -0.4 is 0 Å². The SMILES string of the molecule is CC1CC2COC1C2. The molecule has 0 aromatic rings. The van der Waals surface area contributed by atoms with Crippen molar-refractivity contribution in [2.24, 2.45) is 11.8 Å². The number of hydrogen-bond acceptors (Lipinski definition) is 1. The second-order valence-corrected chi connectivity index (χ2v) is 3.19. The highest BCUT2D eigenvalue weighted by atomic mass is 16.5. The van der Waals surface area contributed by atoms with E-state index in [2.05, 4.69) is 6.92 Å². The molecule has 1 saturated carbocycles. The fourth-order valence-electron chi connectivity index (χ4n) is 1.96. The zero-order valence-electron chi connectivity index (χ0n) is 5.26. The second-order valence-electron chi connectivity index (χ2n) is 3.19. The van der Waals surface area contributed by atoms with Crippen molar-refractivity contribution >= 4 is 0 Å². The topological polar surface area (TPSA) is 9.23 Å². The molecule has 8 heavy (non-hydrogen) atoms. The van der Waals surface area contributed by atoms with Gasteiger partial charge in [-0.05, 0) is 24.7 Å². The molecule has 1 aliphatic heterocycles. The molecule has 3 atom stereocenters. The average Bonchev–Trinajstić information content (AvgIpc) is 2.23. The van der Waals surface area contributed by atoms with Crippen LogP contribution in [0.1, 0.15) is 19.8 Å². The predicted octanol–water partition coefficient (Wildman–Crippen LogP) is 1.43. The number of ether oxygens (including phenoxy) is 1. The summed E-state index contributed by atoms with van der Waals surface area (Å²) in [7, 11) is 0. The van der Waals surface area contributed by atoms with Gasteiger partial charge in [-0.25, -0.2) is 0 Å². The molecule has 1 saturated heterocycles. The zero-order chi connectivity index (χ0) is 5.56. The summed E-state index contributed by atoms with van der Waals surface area (Å²) in [5.41, 5.74) is 0. The summed E-state index contributed by atoms with van der Waals surface area (Å²) >= 11 is 0. The van der Waals surface area contributed by atoms with Crippen molar-refractivity contribution in [2.45, 2.75) is 25.9 Å². The van der Waals surface area contributed by atoms with Gasteiger partial charge in [0.25, 0.3) is 0 Å². The lowest BCUT2D eigenvalue weighted by Crippen LogP contribution is -2.16. The third-order valence-electron chi connectivity index (χ3n) is 2.45. The summed E-state index contributed by atoms with van der Waals surface area (Å²) in [6, 6.07) is 0. The van der Waals surface area contributed by atoms with Gasteiger partial charge in [-0.2, -0.15) is 0 Å². The van der Waals surface area contributed by atoms with Gasteiger partial charge in [-0.15, -0.1) is 0 Å². The first kappa shape index (κ1) is 4.80. The monoisotopic (exact) mass is 112 g/mol. The molecule has 1 heteroatoms. The largest absolute Gasteiger partial charge is 0.378 e. The Balaban J connectivity index is 2.11. The molecule has 3 unspecified atom stereocenters. The van der Waals surface area contributed by atoms with Gasteiger partial charge in [0, 0.05) is 6.61 Å². The molecule has 1 aliphatic carbocycles. The van der Waals surface area contributed by atoms with Crippen LogP contribution in [-0.2, 0) is 4.74 Å². The molecule has 0 aromatic heterocycles. The van der Waals surface area contributed by atoms with Gasteiger partial charge < -0.3 is 4.74 Å². The van der Waals surface area contributed by atoms with E-state index >= 15 is 0 Å². The Morgan fingerprint density at radius 1 is 1.38 bits per heavy atom. The van der Waals surface area contributed by atoms with Crippen LogP contribution >= 0.6 is 0 Å². The molecule has 46 valence electrons. The highest BCUT2D eigenvalue weighted by Crippen LogP contribution is 2.38. The van der Waals surface area contributed by atoms with E-state index in [0.717, 1.165) is 18.4 Å². The van der Waals surface area contributed by atoms with E-state index in [-0.39, 0.29) is 0 Å². The van der Waals surface area contributed by atoms with Crippen molar-refractivity contribution in [2.75, 3.05) is 6.61 Å². The standard InChI is InChI=1S/C7H12O/c1-5-2-6-3-7(5)8-4-6/h5-7H,2-4H2,1H3. The number of fused-ring (bicyclic) bond motifs is 2. The minimum absolute atomic E-state index is 0.639. The normalized spacial score (nSPS) is 52.9. The van der Waals surface area contributed by atoms with Crippen molar-refractivity contribution in [3.63, 3.8) is 0 Å². The van der Waals surface area contributed by atoms with Gasteiger partial charge in [0.05, 0.1) is 6.10 Å². The van der Waals surface area contributed by atoms with Crippen molar-refractivity contribution in [1.82, 2.24) is 0 Å². The molecule has 2 rings (SSSR count). The first-order chi connectivity index (χ1) is 3.86. The predicted molar refractivity (Wildman–Crippen MR) is 31.6 cm³/mol. The maximum Gasteiger partial charge on any atom is 0.0604 e. The first-order valence-corrected chi connectivity index (χ1v) is 3.48. The smallest absolute Gasteiger partial charge is 0.0604 e. The van der Waals surface area contributed by atoms with E-state index in [9.17, 15) is 0 Å². The van der Waals surface area contributed by atoms with Crippen molar-refractivity contribution < 1.29 is 4.74 Å². The highest BCUT2D eigenvalue weighted by Gasteiger charge is 2.37. The van der Waals surface area contributed by atoms with Crippen LogP contribution in [0, 0.1) is 11.8 Å². The molecule has 1 heterocycles. The fraction of sp³-hybridized carbons (Fsp3) is 1.00. The van der Waals surface area contributed by atoms with Crippen LogP contribution in [0.2, 0.25) is 0 Å². The second kappa shape index (κ2) is 1.47. The quantitative estimate of drug-likeness (QED) is 0.460. The Kier molecular flexibility index (Phi) is 0.884. The molecule has 2 fully saturated rings. The average molecular weight is 112 g/mol. The molecule has 1 nitrogen and oxygen atoms in total. The Bertz CT molecular complexity index is 98.6. The van der Waals surface area contributed by atoms with E-state index in [0.29, 0.717) is 6.10 Å². The summed E-state index contributed by atoms with van der Waals surface area (Å²) in [6.07, 6.45) is 3.41. The van der Waals surface area contributed by atoms with E-state index in [1.807, 2.05) is 0 Å². The van der Waals surface area contributed by atoms with Crippen molar-refractivity contribution in [1.29, 1.82) is 0 Å².